The molecule has 0 aliphatic rings. The summed E-state index contributed by atoms with van der Waals surface area (Å²) in [7, 11) is 1.37. The van der Waals surface area contributed by atoms with Crippen molar-refractivity contribution in [3.63, 3.8) is 0 Å². The number of fused-ring (bicyclic) bond motifs is 1. The smallest absolute Gasteiger partial charge is 0.337 e. The van der Waals surface area contributed by atoms with Gasteiger partial charge >= 0.3 is 5.97 Å². The van der Waals surface area contributed by atoms with E-state index in [0.29, 0.717) is 17.2 Å². The molecule has 4 aromatic rings. The van der Waals surface area contributed by atoms with Crippen molar-refractivity contribution in [3.05, 3.63) is 84.4 Å². The van der Waals surface area contributed by atoms with Crippen LogP contribution in [0, 0.1) is 0 Å². The van der Waals surface area contributed by atoms with Crippen molar-refractivity contribution in [2.24, 2.45) is 0 Å². The summed E-state index contributed by atoms with van der Waals surface area (Å²) >= 11 is 0. The van der Waals surface area contributed by atoms with Crippen LogP contribution < -0.4 is 5.32 Å². The number of ether oxygens (including phenoxy) is 1. The Hall–Kier alpha value is -3.73. The van der Waals surface area contributed by atoms with Crippen molar-refractivity contribution in [3.8, 4) is 11.4 Å². The van der Waals surface area contributed by atoms with E-state index in [2.05, 4.69) is 10.3 Å². The minimum Gasteiger partial charge on any atom is -0.465 e. The monoisotopic (exact) mass is 355 g/mol. The summed E-state index contributed by atoms with van der Waals surface area (Å²) in [5.41, 5.74) is 3.14. The van der Waals surface area contributed by atoms with Crippen LogP contribution in [0.1, 0.15) is 10.4 Å². The normalized spacial score (nSPS) is 10.6. The number of aromatic nitrogens is 2. The Kier molecular flexibility index (Phi) is 4.49. The highest BCUT2D eigenvalue weighted by atomic mass is 16.5. The largest absolute Gasteiger partial charge is 0.465 e. The predicted octanol–water partition coefficient (Wildman–Crippen LogP) is 4.83. The molecule has 1 heterocycles. The van der Waals surface area contributed by atoms with E-state index in [9.17, 15) is 4.79 Å². The van der Waals surface area contributed by atoms with Crippen LogP contribution in [-0.2, 0) is 4.74 Å². The maximum atomic E-state index is 11.6. The molecule has 0 atom stereocenters. The second-order valence-electron chi connectivity index (χ2n) is 5.97. The van der Waals surface area contributed by atoms with Gasteiger partial charge in [-0.1, -0.05) is 42.5 Å². The first kappa shape index (κ1) is 16.7. The van der Waals surface area contributed by atoms with Crippen LogP contribution in [0.15, 0.2) is 78.9 Å². The van der Waals surface area contributed by atoms with Gasteiger partial charge in [0.15, 0.2) is 5.82 Å². The molecule has 0 saturated heterocycles. The van der Waals surface area contributed by atoms with E-state index >= 15 is 0 Å². The number of hydrogen-bond donors (Lipinski definition) is 1. The van der Waals surface area contributed by atoms with Crippen LogP contribution in [0.2, 0.25) is 0 Å². The molecule has 1 N–H and O–H groups in total. The molecular formula is C22H17N3O2. The number of benzene rings is 3. The van der Waals surface area contributed by atoms with E-state index in [1.54, 1.807) is 12.1 Å². The first-order chi connectivity index (χ1) is 13.2. The number of carbonyl (C=O) groups is 1. The summed E-state index contributed by atoms with van der Waals surface area (Å²) in [6, 6.07) is 24.8. The Morgan fingerprint density at radius 3 is 2.30 bits per heavy atom. The van der Waals surface area contributed by atoms with Crippen molar-refractivity contribution in [1.29, 1.82) is 0 Å². The highest BCUT2D eigenvalue weighted by Crippen LogP contribution is 2.27. The zero-order valence-corrected chi connectivity index (χ0v) is 14.7. The van der Waals surface area contributed by atoms with Crippen LogP contribution in [-0.4, -0.2) is 23.0 Å². The lowest BCUT2D eigenvalue weighted by Crippen LogP contribution is -2.02. The van der Waals surface area contributed by atoms with Crippen LogP contribution in [0.5, 0.6) is 0 Å². The number of carbonyl (C=O) groups excluding carboxylic acids is 1. The molecular weight excluding hydrogens is 338 g/mol. The van der Waals surface area contributed by atoms with E-state index in [1.807, 2.05) is 66.7 Å². The Balaban J connectivity index is 1.75. The van der Waals surface area contributed by atoms with E-state index in [1.165, 1.54) is 7.11 Å². The quantitative estimate of drug-likeness (QED) is 0.531. The van der Waals surface area contributed by atoms with Gasteiger partial charge in [0.05, 0.1) is 18.2 Å². The van der Waals surface area contributed by atoms with Crippen LogP contribution in [0.25, 0.3) is 22.3 Å². The molecule has 0 spiro atoms. The van der Waals surface area contributed by atoms with Gasteiger partial charge in [-0.15, -0.1) is 0 Å². The number of nitrogens with one attached hydrogen (secondary N) is 1. The van der Waals surface area contributed by atoms with Crippen LogP contribution in [0.3, 0.4) is 0 Å². The molecule has 1 aromatic heterocycles. The lowest BCUT2D eigenvalue weighted by Gasteiger charge is -2.11. The molecule has 0 bridgehead atoms. The lowest BCUT2D eigenvalue weighted by molar-refractivity contribution is 0.0601. The van der Waals surface area contributed by atoms with E-state index in [4.69, 9.17) is 9.72 Å². The Bertz CT molecular complexity index is 1090. The third-order valence-electron chi connectivity index (χ3n) is 4.20. The first-order valence-electron chi connectivity index (χ1n) is 8.52. The summed E-state index contributed by atoms with van der Waals surface area (Å²) in [5.74, 6) is 1.01. The van der Waals surface area contributed by atoms with E-state index < -0.39 is 0 Å². The Labute approximate surface area is 156 Å². The molecule has 0 aliphatic heterocycles. The van der Waals surface area contributed by atoms with Crippen molar-refractivity contribution in [1.82, 2.24) is 9.97 Å². The fraction of sp³-hybridized carbons (Fsp3) is 0.0455. The molecule has 27 heavy (non-hydrogen) atoms. The molecule has 132 valence electrons. The summed E-state index contributed by atoms with van der Waals surface area (Å²) in [6.07, 6.45) is 0. The zero-order chi connectivity index (χ0) is 18.6. The first-order valence-corrected chi connectivity index (χ1v) is 8.52. The van der Waals surface area contributed by atoms with Gasteiger partial charge in [-0.05, 0) is 36.4 Å². The molecule has 4 rings (SSSR count). The molecule has 0 fully saturated rings. The SMILES string of the molecule is COC(=O)c1ccc(Nc2nc(-c3ccccc3)nc3ccccc23)cc1. The van der Waals surface area contributed by atoms with Crippen molar-refractivity contribution >= 4 is 28.4 Å². The Morgan fingerprint density at radius 1 is 0.852 bits per heavy atom. The topological polar surface area (TPSA) is 64.1 Å². The molecule has 3 aromatic carbocycles. The molecule has 5 nitrogen and oxygen atoms in total. The molecule has 5 heteroatoms. The van der Waals surface area contributed by atoms with Crippen molar-refractivity contribution in [2.75, 3.05) is 12.4 Å². The lowest BCUT2D eigenvalue weighted by atomic mass is 10.1. The summed E-state index contributed by atoms with van der Waals surface area (Å²) in [6.45, 7) is 0. The molecule has 0 saturated carbocycles. The minimum absolute atomic E-state index is 0.361. The van der Waals surface area contributed by atoms with E-state index in [0.717, 1.165) is 22.2 Å². The third-order valence-corrected chi connectivity index (χ3v) is 4.20. The molecule has 0 aliphatic carbocycles. The van der Waals surface area contributed by atoms with Gasteiger partial charge in [-0.25, -0.2) is 14.8 Å². The van der Waals surface area contributed by atoms with E-state index in [-0.39, 0.29) is 5.97 Å². The summed E-state index contributed by atoms with van der Waals surface area (Å²) in [4.78, 5) is 21.0. The average Bonchev–Trinajstić information content (AvgIpc) is 2.74. The number of anilines is 2. The molecule has 0 amide bonds. The van der Waals surface area contributed by atoms with Crippen LogP contribution >= 0.6 is 0 Å². The summed E-state index contributed by atoms with van der Waals surface area (Å²) < 4.78 is 4.74. The number of hydrogen-bond acceptors (Lipinski definition) is 5. The number of para-hydroxylation sites is 1. The number of methoxy groups -OCH3 is 1. The maximum Gasteiger partial charge on any atom is 0.337 e. The standard InChI is InChI=1S/C22H17N3O2/c1-27-22(26)16-11-13-17(14-12-16)23-21-18-9-5-6-10-19(18)24-20(25-21)15-7-3-2-4-8-15/h2-14H,1H3,(H,23,24,25). The average molecular weight is 355 g/mol. The third kappa shape index (κ3) is 3.48. The highest BCUT2D eigenvalue weighted by Gasteiger charge is 2.10. The second kappa shape index (κ2) is 7.25. The van der Waals surface area contributed by atoms with Crippen molar-refractivity contribution in [2.45, 2.75) is 0 Å². The number of rotatable bonds is 4. The van der Waals surface area contributed by atoms with Crippen molar-refractivity contribution < 1.29 is 9.53 Å². The van der Waals surface area contributed by atoms with Gasteiger partial charge < -0.3 is 10.1 Å². The minimum atomic E-state index is -0.361. The highest BCUT2D eigenvalue weighted by molar-refractivity contribution is 5.93. The number of nitrogens with zero attached hydrogens (tertiary/aromatic N) is 2. The zero-order valence-electron chi connectivity index (χ0n) is 14.7. The predicted molar refractivity (Wildman–Crippen MR) is 106 cm³/mol. The van der Waals surface area contributed by atoms with Gasteiger partial charge in [0.1, 0.15) is 5.82 Å². The summed E-state index contributed by atoms with van der Waals surface area (Å²) in [5, 5.41) is 4.26. The van der Waals surface area contributed by atoms with Gasteiger partial charge in [0, 0.05) is 16.6 Å². The fourth-order valence-corrected chi connectivity index (χ4v) is 2.83. The van der Waals surface area contributed by atoms with Gasteiger partial charge in [0.25, 0.3) is 0 Å². The molecule has 0 unspecified atom stereocenters. The van der Waals surface area contributed by atoms with Gasteiger partial charge in [-0.2, -0.15) is 0 Å². The van der Waals surface area contributed by atoms with Gasteiger partial charge in [0.2, 0.25) is 0 Å². The van der Waals surface area contributed by atoms with Gasteiger partial charge in [-0.3, -0.25) is 0 Å². The molecule has 0 radical (unpaired) electrons. The Morgan fingerprint density at radius 2 is 1.56 bits per heavy atom. The fourth-order valence-electron chi connectivity index (χ4n) is 2.83. The van der Waals surface area contributed by atoms with Crippen LogP contribution in [0.4, 0.5) is 11.5 Å². The maximum absolute atomic E-state index is 11.6. The second-order valence-corrected chi connectivity index (χ2v) is 5.97. The number of esters is 1.